The van der Waals surface area contributed by atoms with Crippen molar-refractivity contribution in [2.45, 2.75) is 6.42 Å². The van der Waals surface area contributed by atoms with E-state index >= 15 is 0 Å². The number of pyridine rings is 1. The zero-order valence-corrected chi connectivity index (χ0v) is 15.1. The highest BCUT2D eigenvalue weighted by Gasteiger charge is 2.12. The van der Waals surface area contributed by atoms with Crippen LogP contribution in [0.3, 0.4) is 0 Å². The van der Waals surface area contributed by atoms with E-state index < -0.39 is 23.4 Å². The Hall–Kier alpha value is -3.45. The predicted molar refractivity (Wildman–Crippen MR) is 98.1 cm³/mol. The Morgan fingerprint density at radius 3 is 2.54 bits per heavy atom. The van der Waals surface area contributed by atoms with Crippen molar-refractivity contribution in [3.05, 3.63) is 47.0 Å². The standard InChI is InChI=1S/C18H13F2N5O2S/c19-11-5-10(6-12(20)7-11)13-1-2-14-18(25-13)28-17(24-14)8-15(26)23-9-16(27)22-4-3-21/h1-2,5-7H,4,8-9H2,(H,22,27)(H,23,26). The van der Waals surface area contributed by atoms with Crippen LogP contribution in [0.15, 0.2) is 30.3 Å². The Morgan fingerprint density at radius 2 is 1.82 bits per heavy atom. The van der Waals surface area contributed by atoms with E-state index in [0.717, 1.165) is 6.07 Å². The van der Waals surface area contributed by atoms with Gasteiger partial charge in [0.1, 0.15) is 33.5 Å². The van der Waals surface area contributed by atoms with E-state index in [4.69, 9.17) is 5.26 Å². The van der Waals surface area contributed by atoms with E-state index in [1.807, 2.05) is 0 Å². The molecule has 0 fully saturated rings. The van der Waals surface area contributed by atoms with Crippen molar-refractivity contribution >= 4 is 33.5 Å². The van der Waals surface area contributed by atoms with Gasteiger partial charge in [-0.05, 0) is 24.3 Å². The Bertz CT molecular complexity index is 1070. The molecule has 10 heteroatoms. The van der Waals surface area contributed by atoms with Crippen molar-refractivity contribution in [2.75, 3.05) is 13.1 Å². The van der Waals surface area contributed by atoms with Crippen molar-refractivity contribution in [2.24, 2.45) is 0 Å². The van der Waals surface area contributed by atoms with E-state index in [0.29, 0.717) is 26.6 Å². The number of carbonyl (C=O) groups excluding carboxylic acids is 2. The molecule has 1 aromatic carbocycles. The predicted octanol–water partition coefficient (Wildman–Crippen LogP) is 1.93. The molecule has 7 nitrogen and oxygen atoms in total. The lowest BCUT2D eigenvalue weighted by Crippen LogP contribution is -2.37. The number of nitrogens with one attached hydrogen (secondary N) is 2. The maximum Gasteiger partial charge on any atom is 0.240 e. The molecule has 3 aromatic rings. The third kappa shape index (κ3) is 4.83. The summed E-state index contributed by atoms with van der Waals surface area (Å²) in [6.07, 6.45) is -0.0452. The Labute approximate surface area is 162 Å². The summed E-state index contributed by atoms with van der Waals surface area (Å²) >= 11 is 1.18. The highest BCUT2D eigenvalue weighted by Crippen LogP contribution is 2.26. The first-order chi connectivity index (χ1) is 13.4. The lowest BCUT2D eigenvalue weighted by molar-refractivity contribution is -0.125. The van der Waals surface area contributed by atoms with Crippen LogP contribution in [0, 0.1) is 23.0 Å². The number of aromatic nitrogens is 2. The zero-order chi connectivity index (χ0) is 20.1. The van der Waals surface area contributed by atoms with Crippen LogP contribution < -0.4 is 10.6 Å². The van der Waals surface area contributed by atoms with Gasteiger partial charge in [0, 0.05) is 11.6 Å². The van der Waals surface area contributed by atoms with E-state index in [1.54, 1.807) is 18.2 Å². The Morgan fingerprint density at radius 1 is 1.07 bits per heavy atom. The number of carbonyl (C=O) groups is 2. The molecule has 0 spiro atoms. The van der Waals surface area contributed by atoms with Gasteiger partial charge in [0.05, 0.1) is 24.7 Å². The molecule has 2 heterocycles. The van der Waals surface area contributed by atoms with Gasteiger partial charge in [0.15, 0.2) is 0 Å². The molecule has 0 radical (unpaired) electrons. The third-order valence-electron chi connectivity index (χ3n) is 3.58. The van der Waals surface area contributed by atoms with Gasteiger partial charge < -0.3 is 10.6 Å². The van der Waals surface area contributed by atoms with E-state index in [-0.39, 0.29) is 19.5 Å². The number of fused-ring (bicyclic) bond motifs is 1. The summed E-state index contributed by atoms with van der Waals surface area (Å²) in [5.74, 6) is -2.26. The molecule has 3 rings (SSSR count). The molecule has 2 N–H and O–H groups in total. The van der Waals surface area contributed by atoms with Crippen LogP contribution in [-0.4, -0.2) is 34.9 Å². The summed E-state index contributed by atoms with van der Waals surface area (Å²) in [5.41, 5.74) is 1.25. The van der Waals surface area contributed by atoms with E-state index in [1.165, 1.54) is 23.5 Å². The molecule has 0 saturated carbocycles. The minimum Gasteiger partial charge on any atom is -0.347 e. The lowest BCUT2D eigenvalue weighted by atomic mass is 10.1. The van der Waals surface area contributed by atoms with Gasteiger partial charge >= 0.3 is 0 Å². The second-order valence-corrected chi connectivity index (χ2v) is 6.74. The van der Waals surface area contributed by atoms with Crippen molar-refractivity contribution in [1.29, 1.82) is 5.26 Å². The average molecular weight is 401 g/mol. The molecule has 2 aromatic heterocycles. The fourth-order valence-electron chi connectivity index (χ4n) is 2.38. The number of amides is 2. The van der Waals surface area contributed by atoms with Crippen LogP contribution in [0.5, 0.6) is 0 Å². The number of rotatable bonds is 6. The fourth-order valence-corrected chi connectivity index (χ4v) is 3.31. The van der Waals surface area contributed by atoms with E-state index in [9.17, 15) is 18.4 Å². The number of halogens is 2. The van der Waals surface area contributed by atoms with Gasteiger partial charge in [0.25, 0.3) is 0 Å². The van der Waals surface area contributed by atoms with Crippen molar-refractivity contribution in [3.8, 4) is 17.3 Å². The average Bonchev–Trinajstić information content (AvgIpc) is 3.05. The molecule has 0 aliphatic rings. The van der Waals surface area contributed by atoms with Gasteiger partial charge in [-0.25, -0.2) is 18.7 Å². The molecule has 0 aliphatic carbocycles. The molecular formula is C18H13F2N5O2S. The fraction of sp³-hybridized carbons (Fsp3) is 0.167. The summed E-state index contributed by atoms with van der Waals surface area (Å²) in [5, 5.41) is 13.6. The number of nitrogens with zero attached hydrogens (tertiary/aromatic N) is 3. The first-order valence-electron chi connectivity index (χ1n) is 8.08. The number of nitriles is 1. The minimum atomic E-state index is -0.697. The van der Waals surface area contributed by atoms with Gasteiger partial charge in [-0.15, -0.1) is 0 Å². The normalized spacial score (nSPS) is 10.5. The maximum atomic E-state index is 13.4. The number of benzene rings is 1. The quantitative estimate of drug-likeness (QED) is 0.614. The Balaban J connectivity index is 1.70. The summed E-state index contributed by atoms with van der Waals surface area (Å²) in [6.45, 7) is -0.366. The molecule has 0 atom stereocenters. The van der Waals surface area contributed by atoms with Crippen LogP contribution >= 0.6 is 11.3 Å². The zero-order valence-electron chi connectivity index (χ0n) is 14.3. The largest absolute Gasteiger partial charge is 0.347 e. The highest BCUT2D eigenvalue weighted by atomic mass is 32.1. The van der Waals surface area contributed by atoms with Crippen LogP contribution in [0.2, 0.25) is 0 Å². The van der Waals surface area contributed by atoms with Gasteiger partial charge in [-0.2, -0.15) is 5.26 Å². The van der Waals surface area contributed by atoms with Crippen LogP contribution in [-0.2, 0) is 16.0 Å². The summed E-state index contributed by atoms with van der Waals surface area (Å²) in [7, 11) is 0. The first-order valence-corrected chi connectivity index (χ1v) is 8.89. The van der Waals surface area contributed by atoms with E-state index in [2.05, 4.69) is 20.6 Å². The van der Waals surface area contributed by atoms with Gasteiger partial charge in [0.2, 0.25) is 11.8 Å². The SMILES string of the molecule is N#CCNC(=O)CNC(=O)Cc1nc2ccc(-c3cc(F)cc(F)c3)nc2s1. The van der Waals surface area contributed by atoms with Crippen molar-refractivity contribution in [3.63, 3.8) is 0 Å². The second-order valence-electron chi connectivity index (χ2n) is 5.67. The summed E-state index contributed by atoms with van der Waals surface area (Å²) in [6, 6.07) is 8.17. The monoisotopic (exact) mass is 401 g/mol. The molecule has 0 aliphatic heterocycles. The molecule has 28 heavy (non-hydrogen) atoms. The van der Waals surface area contributed by atoms with Crippen LogP contribution in [0.4, 0.5) is 8.78 Å². The molecular weight excluding hydrogens is 388 g/mol. The molecule has 0 bridgehead atoms. The summed E-state index contributed by atoms with van der Waals surface area (Å²) in [4.78, 5) is 32.5. The number of hydrogen-bond acceptors (Lipinski definition) is 6. The van der Waals surface area contributed by atoms with Crippen molar-refractivity contribution in [1.82, 2.24) is 20.6 Å². The maximum absolute atomic E-state index is 13.4. The molecule has 142 valence electrons. The number of thiazole rings is 1. The highest BCUT2D eigenvalue weighted by molar-refractivity contribution is 7.18. The second kappa shape index (κ2) is 8.49. The van der Waals surface area contributed by atoms with Crippen LogP contribution in [0.25, 0.3) is 21.6 Å². The summed E-state index contributed by atoms with van der Waals surface area (Å²) < 4.78 is 26.8. The minimum absolute atomic E-state index is 0.0452. The smallest absolute Gasteiger partial charge is 0.240 e. The topological polar surface area (TPSA) is 108 Å². The molecule has 0 unspecified atom stereocenters. The Kier molecular flexibility index (Phi) is 5.86. The number of hydrogen-bond donors (Lipinski definition) is 2. The third-order valence-corrected chi connectivity index (χ3v) is 4.55. The molecule has 0 saturated heterocycles. The molecule has 2 amide bonds. The first kappa shape index (κ1) is 19.3. The van der Waals surface area contributed by atoms with Gasteiger partial charge in [-0.3, -0.25) is 9.59 Å². The van der Waals surface area contributed by atoms with Crippen molar-refractivity contribution < 1.29 is 18.4 Å². The van der Waals surface area contributed by atoms with Gasteiger partial charge in [-0.1, -0.05) is 11.3 Å². The lowest BCUT2D eigenvalue weighted by Gasteiger charge is -2.03. The van der Waals surface area contributed by atoms with Crippen LogP contribution in [0.1, 0.15) is 5.01 Å².